The highest BCUT2D eigenvalue weighted by atomic mass is 15.2. The number of aromatic nitrogens is 5. The minimum atomic E-state index is 0.217. The van der Waals surface area contributed by atoms with Gasteiger partial charge in [-0.05, 0) is 23.8 Å². The molecule has 0 saturated carbocycles. The highest BCUT2D eigenvalue weighted by molar-refractivity contribution is 5.84. The van der Waals surface area contributed by atoms with Crippen LogP contribution in [0.25, 0.3) is 22.1 Å². The van der Waals surface area contributed by atoms with Gasteiger partial charge in [-0.15, -0.1) is 0 Å². The number of hydrogen-bond donors (Lipinski definition) is 2. The summed E-state index contributed by atoms with van der Waals surface area (Å²) in [6, 6.07) is 10.2. The number of pyridine rings is 1. The lowest BCUT2D eigenvalue weighted by atomic mass is 10.1. The largest absolute Gasteiger partial charge is 0.368 e. The van der Waals surface area contributed by atoms with Crippen LogP contribution in [-0.4, -0.2) is 32.0 Å². The Hall–Kier alpha value is -3.22. The molecule has 0 aliphatic carbocycles. The number of fused-ring (bicyclic) bond motifs is 2. The fourth-order valence-electron chi connectivity index (χ4n) is 2.68. The maximum Gasteiger partial charge on any atom is 0.224 e. The molecule has 1 aromatic carbocycles. The molecule has 0 spiro atoms. The minimum absolute atomic E-state index is 0.217. The van der Waals surface area contributed by atoms with Crippen molar-refractivity contribution in [2.75, 3.05) is 17.7 Å². The highest BCUT2D eigenvalue weighted by Crippen LogP contribution is 2.23. The predicted octanol–water partition coefficient (Wildman–Crippen LogP) is 2.12. The van der Waals surface area contributed by atoms with E-state index in [-0.39, 0.29) is 5.95 Å². The second-order valence-electron chi connectivity index (χ2n) is 5.39. The second kappa shape index (κ2) is 5.20. The van der Waals surface area contributed by atoms with Gasteiger partial charge in [-0.2, -0.15) is 9.97 Å². The summed E-state index contributed by atoms with van der Waals surface area (Å²) in [5, 5.41) is 1.12. The van der Waals surface area contributed by atoms with Crippen molar-refractivity contribution in [3.63, 3.8) is 0 Å². The number of H-pyrrole nitrogens is 1. The van der Waals surface area contributed by atoms with E-state index in [0.29, 0.717) is 12.2 Å². The third kappa shape index (κ3) is 2.42. The van der Waals surface area contributed by atoms with Crippen molar-refractivity contribution in [1.29, 1.82) is 0 Å². The van der Waals surface area contributed by atoms with E-state index in [1.807, 2.05) is 24.1 Å². The molecule has 0 radical (unpaired) electrons. The number of nitrogens with two attached hydrogens (primary N) is 1. The van der Waals surface area contributed by atoms with Gasteiger partial charge in [0.2, 0.25) is 5.95 Å². The van der Waals surface area contributed by atoms with Crippen LogP contribution in [0, 0.1) is 0 Å². The van der Waals surface area contributed by atoms with Crippen LogP contribution in [0.3, 0.4) is 0 Å². The lowest BCUT2D eigenvalue weighted by Gasteiger charge is -2.19. The molecular weight excluding hydrogens is 290 g/mol. The van der Waals surface area contributed by atoms with Gasteiger partial charge in [0.15, 0.2) is 11.5 Å². The fraction of sp³-hybridized carbons (Fsp3) is 0.125. The Kier molecular flexibility index (Phi) is 3.04. The van der Waals surface area contributed by atoms with Gasteiger partial charge in [0, 0.05) is 25.2 Å². The molecule has 0 bridgehead atoms. The van der Waals surface area contributed by atoms with E-state index in [1.165, 1.54) is 0 Å². The third-order valence-electron chi connectivity index (χ3n) is 3.73. The van der Waals surface area contributed by atoms with Crippen LogP contribution in [0.5, 0.6) is 0 Å². The second-order valence-corrected chi connectivity index (χ2v) is 5.39. The third-order valence-corrected chi connectivity index (χ3v) is 3.73. The number of nitrogens with zero attached hydrogens (tertiary/aromatic N) is 5. The molecule has 7 nitrogen and oxygen atoms in total. The minimum Gasteiger partial charge on any atom is -0.368 e. The van der Waals surface area contributed by atoms with Crippen LogP contribution in [-0.2, 0) is 6.54 Å². The number of anilines is 2. The average Bonchev–Trinajstić information content (AvgIpc) is 3.02. The molecule has 0 amide bonds. The fourth-order valence-corrected chi connectivity index (χ4v) is 2.68. The molecule has 23 heavy (non-hydrogen) atoms. The Morgan fingerprint density at radius 1 is 1.17 bits per heavy atom. The number of aromatic amines is 1. The van der Waals surface area contributed by atoms with E-state index < -0.39 is 0 Å². The van der Waals surface area contributed by atoms with Gasteiger partial charge in [-0.25, -0.2) is 4.98 Å². The Labute approximate surface area is 132 Å². The van der Waals surface area contributed by atoms with Gasteiger partial charge in [-0.1, -0.05) is 12.1 Å². The molecule has 0 fully saturated rings. The van der Waals surface area contributed by atoms with Crippen LogP contribution < -0.4 is 10.6 Å². The number of nitrogen functional groups attached to an aromatic ring is 1. The molecule has 0 atom stereocenters. The molecule has 0 unspecified atom stereocenters. The highest BCUT2D eigenvalue weighted by Gasteiger charge is 2.13. The zero-order valence-corrected chi connectivity index (χ0v) is 12.6. The van der Waals surface area contributed by atoms with Gasteiger partial charge in [0.1, 0.15) is 5.52 Å². The van der Waals surface area contributed by atoms with E-state index in [1.54, 1.807) is 12.5 Å². The number of nitrogens with one attached hydrogen (secondary N) is 1. The molecule has 0 aliphatic heterocycles. The van der Waals surface area contributed by atoms with Crippen LogP contribution in [0.15, 0.2) is 42.9 Å². The smallest absolute Gasteiger partial charge is 0.224 e. The quantitative estimate of drug-likeness (QED) is 0.602. The van der Waals surface area contributed by atoms with Crippen LogP contribution >= 0.6 is 0 Å². The van der Waals surface area contributed by atoms with Crippen molar-refractivity contribution in [1.82, 2.24) is 24.9 Å². The first-order valence-electron chi connectivity index (χ1n) is 7.22. The molecule has 0 saturated heterocycles. The van der Waals surface area contributed by atoms with E-state index in [9.17, 15) is 0 Å². The van der Waals surface area contributed by atoms with Crippen molar-refractivity contribution in [2.24, 2.45) is 0 Å². The topological polar surface area (TPSA) is 96.6 Å². The Bertz CT molecular complexity index is 992. The summed E-state index contributed by atoms with van der Waals surface area (Å²) < 4.78 is 0. The van der Waals surface area contributed by atoms with E-state index in [4.69, 9.17) is 5.73 Å². The molecule has 4 rings (SSSR count). The maximum atomic E-state index is 5.78. The first-order chi connectivity index (χ1) is 11.2. The van der Waals surface area contributed by atoms with Crippen LogP contribution in [0.4, 0.5) is 11.8 Å². The number of hydrogen-bond acceptors (Lipinski definition) is 6. The molecule has 114 valence electrons. The van der Waals surface area contributed by atoms with Gasteiger partial charge in [0.25, 0.3) is 0 Å². The number of rotatable bonds is 3. The van der Waals surface area contributed by atoms with Gasteiger partial charge < -0.3 is 15.6 Å². The SMILES string of the molecule is CN(Cc1ccc2ncccc2c1)c1nc(N)nc2nc[nH]c12. The molecule has 3 heterocycles. The molecule has 4 aromatic rings. The van der Waals surface area contributed by atoms with Crippen molar-refractivity contribution in [3.8, 4) is 0 Å². The van der Waals surface area contributed by atoms with Gasteiger partial charge in [-0.3, -0.25) is 4.98 Å². The lowest BCUT2D eigenvalue weighted by molar-refractivity contribution is 0.901. The Balaban J connectivity index is 1.70. The number of benzene rings is 1. The van der Waals surface area contributed by atoms with E-state index in [2.05, 4.69) is 43.1 Å². The van der Waals surface area contributed by atoms with Crippen molar-refractivity contribution in [2.45, 2.75) is 6.54 Å². The normalized spacial score (nSPS) is 11.2. The van der Waals surface area contributed by atoms with Crippen LogP contribution in [0.1, 0.15) is 5.56 Å². The van der Waals surface area contributed by atoms with E-state index in [0.717, 1.165) is 27.8 Å². The van der Waals surface area contributed by atoms with Gasteiger partial charge in [0.05, 0.1) is 11.8 Å². The Morgan fingerprint density at radius 3 is 3.00 bits per heavy atom. The van der Waals surface area contributed by atoms with Crippen LogP contribution in [0.2, 0.25) is 0 Å². The van der Waals surface area contributed by atoms with E-state index >= 15 is 0 Å². The summed E-state index contributed by atoms with van der Waals surface area (Å²) in [5.74, 6) is 0.949. The summed E-state index contributed by atoms with van der Waals surface area (Å²) in [5.41, 5.74) is 9.28. The van der Waals surface area contributed by atoms with Gasteiger partial charge >= 0.3 is 0 Å². The summed E-state index contributed by atoms with van der Waals surface area (Å²) in [7, 11) is 1.97. The molecule has 0 aliphatic rings. The average molecular weight is 305 g/mol. The molecule has 3 aromatic heterocycles. The zero-order chi connectivity index (χ0) is 15.8. The van der Waals surface area contributed by atoms with Crippen molar-refractivity contribution >= 4 is 33.8 Å². The summed E-state index contributed by atoms with van der Waals surface area (Å²) >= 11 is 0. The van der Waals surface area contributed by atoms with Crippen molar-refractivity contribution < 1.29 is 0 Å². The summed E-state index contributed by atoms with van der Waals surface area (Å²) in [6.45, 7) is 0.690. The molecule has 3 N–H and O–H groups in total. The standard InChI is InChI=1S/C16H15N7/c1-23(15-13-14(20-9-19-13)21-16(17)22-15)8-10-4-5-12-11(7-10)3-2-6-18-12/h2-7,9H,8H2,1H3,(H3,17,19,20,21,22). The molecular formula is C16H15N7. The first-order valence-corrected chi connectivity index (χ1v) is 7.22. The predicted molar refractivity (Wildman–Crippen MR) is 89.9 cm³/mol. The summed E-state index contributed by atoms with van der Waals surface area (Å²) in [4.78, 5) is 22.0. The maximum absolute atomic E-state index is 5.78. The first kappa shape index (κ1) is 13.4. The zero-order valence-electron chi connectivity index (χ0n) is 12.6. The lowest BCUT2D eigenvalue weighted by Crippen LogP contribution is -2.19. The Morgan fingerprint density at radius 2 is 2.09 bits per heavy atom. The summed E-state index contributed by atoms with van der Waals surface area (Å²) in [6.07, 6.45) is 3.39. The van der Waals surface area contributed by atoms with Crippen molar-refractivity contribution in [3.05, 3.63) is 48.4 Å². The molecule has 7 heteroatoms. The number of imidazole rings is 1. The monoisotopic (exact) mass is 305 g/mol.